The van der Waals surface area contributed by atoms with Crippen LogP contribution in [0.3, 0.4) is 0 Å². The summed E-state index contributed by atoms with van der Waals surface area (Å²) >= 11 is 0. The topological polar surface area (TPSA) is 91.5 Å². The summed E-state index contributed by atoms with van der Waals surface area (Å²) in [6, 6.07) is 23.8. The quantitative estimate of drug-likeness (QED) is 0.331. The molecule has 4 aromatic rings. The molecule has 3 aromatic heterocycles. The van der Waals surface area contributed by atoms with Crippen LogP contribution in [-0.2, 0) is 26.6 Å². The van der Waals surface area contributed by atoms with Crippen LogP contribution < -0.4 is 0 Å². The second kappa shape index (κ2) is 8.57. The minimum Gasteiger partial charge on any atom is -0.355 e. The van der Waals surface area contributed by atoms with Gasteiger partial charge in [-0.05, 0) is 78.9 Å². The minimum absolute atomic E-state index is 0. The van der Waals surface area contributed by atoms with E-state index in [1.165, 1.54) is 0 Å². The zero-order valence-electron chi connectivity index (χ0n) is 17.7. The van der Waals surface area contributed by atoms with Crippen molar-refractivity contribution in [2.75, 3.05) is 0 Å². The molecule has 0 atom stereocenters. The summed E-state index contributed by atoms with van der Waals surface area (Å²) in [7, 11) is -3.75. The Kier molecular flexibility index (Phi) is 5.56. The van der Waals surface area contributed by atoms with Crippen LogP contribution in [0.5, 0.6) is 0 Å². The van der Waals surface area contributed by atoms with Crippen LogP contribution in [0.2, 0.25) is 0 Å². The molecule has 0 aliphatic carbocycles. The van der Waals surface area contributed by atoms with E-state index in [-0.39, 0.29) is 26.6 Å². The van der Waals surface area contributed by atoms with Crippen molar-refractivity contribution < 1.29 is 25.2 Å². The molecule has 6 rings (SSSR count). The molecule has 2 aliphatic heterocycles. The van der Waals surface area contributed by atoms with Gasteiger partial charge in [-0.15, -0.1) is 0 Å². The number of aromatic nitrogens is 4. The molecule has 0 fully saturated rings. The predicted octanol–water partition coefficient (Wildman–Crippen LogP) is 5.45. The number of nitrogens with zero attached hydrogens (tertiary/aromatic N) is 2. The number of rotatable bonds is 2. The molecule has 5 heterocycles. The molecule has 1 radical (unpaired) electrons. The summed E-state index contributed by atoms with van der Waals surface area (Å²) < 4.78 is 26.9. The molecule has 0 amide bonds. The second-order valence-corrected chi connectivity index (χ2v) is 9.78. The Bertz CT molecular complexity index is 1730. The predicted molar refractivity (Wildman–Crippen MR) is 131 cm³/mol. The van der Waals surface area contributed by atoms with Crippen LogP contribution in [-0.4, -0.2) is 28.4 Å². The van der Waals surface area contributed by atoms with Gasteiger partial charge in [0.2, 0.25) is 9.84 Å². The first kappa shape index (κ1) is 22.1. The molecule has 0 saturated carbocycles. The molecule has 2 aliphatic rings. The van der Waals surface area contributed by atoms with Crippen molar-refractivity contribution in [1.82, 2.24) is 19.9 Å². The Morgan fingerprint density at radius 3 is 1.82 bits per heavy atom. The average molecular weight is 509 g/mol. The van der Waals surface area contributed by atoms with Crippen molar-refractivity contribution in [3.8, 4) is 0 Å². The summed E-state index contributed by atoms with van der Waals surface area (Å²) in [4.78, 5) is 16.3. The van der Waals surface area contributed by atoms with Crippen molar-refractivity contribution in [1.29, 1.82) is 0 Å². The van der Waals surface area contributed by atoms with Crippen molar-refractivity contribution in [3.05, 3.63) is 102 Å². The van der Waals surface area contributed by atoms with Crippen LogP contribution in [0.15, 0.2) is 83.8 Å². The third-order valence-electron chi connectivity index (χ3n) is 5.47. The van der Waals surface area contributed by atoms with E-state index in [4.69, 9.17) is 0 Å². The minimum atomic E-state index is -3.75. The Balaban J connectivity index is 0.00000241. The molecule has 8 bridgehead atoms. The fourth-order valence-electron chi connectivity index (χ4n) is 3.93. The summed E-state index contributed by atoms with van der Waals surface area (Å²) in [5.74, 6) is 0. The zero-order chi connectivity index (χ0) is 22.4. The van der Waals surface area contributed by atoms with Crippen LogP contribution in [0.25, 0.3) is 45.2 Å². The number of aromatic amines is 2. The summed E-state index contributed by atoms with van der Waals surface area (Å²) in [5, 5.41) is 0. The molecule has 169 valence electrons. The molecule has 0 unspecified atom stereocenters. The van der Waals surface area contributed by atoms with Crippen molar-refractivity contribution >= 4 is 55.0 Å². The van der Waals surface area contributed by atoms with Gasteiger partial charge in [-0.2, -0.15) is 0 Å². The SMILES string of the molecule is O=S(=O)(C1=Cc2cc3ccc(cc4ccc(cc5nc(cc1n2)C=C5)[nH]4)[nH]3)c1ccccc1.[Co]. The van der Waals surface area contributed by atoms with Gasteiger partial charge in [-0.3, -0.25) is 0 Å². The third-order valence-corrected chi connectivity index (χ3v) is 7.27. The van der Waals surface area contributed by atoms with Crippen molar-refractivity contribution in [2.45, 2.75) is 4.90 Å². The van der Waals surface area contributed by atoms with Gasteiger partial charge in [0.05, 0.1) is 32.6 Å². The van der Waals surface area contributed by atoms with Crippen LogP contribution in [0.4, 0.5) is 0 Å². The number of fused-ring (bicyclic) bond motifs is 8. The van der Waals surface area contributed by atoms with E-state index < -0.39 is 9.84 Å². The Morgan fingerprint density at radius 1 is 0.618 bits per heavy atom. The largest absolute Gasteiger partial charge is 0.355 e. The maximum atomic E-state index is 13.4. The Hall–Kier alpha value is -3.72. The number of nitrogens with one attached hydrogen (secondary N) is 2. The van der Waals surface area contributed by atoms with Gasteiger partial charge in [0, 0.05) is 38.8 Å². The van der Waals surface area contributed by atoms with Gasteiger partial charge in [-0.1, -0.05) is 18.2 Å². The first-order valence-electron chi connectivity index (χ1n) is 10.4. The molecule has 1 aromatic carbocycles. The molecule has 6 nitrogen and oxygen atoms in total. The van der Waals surface area contributed by atoms with E-state index >= 15 is 0 Å². The molecular weight excluding hydrogens is 491 g/mol. The van der Waals surface area contributed by atoms with Crippen LogP contribution in [0, 0.1) is 0 Å². The van der Waals surface area contributed by atoms with Crippen LogP contribution >= 0.6 is 0 Å². The maximum Gasteiger partial charge on any atom is 0.208 e. The van der Waals surface area contributed by atoms with Crippen molar-refractivity contribution in [3.63, 3.8) is 0 Å². The van der Waals surface area contributed by atoms with E-state index in [1.54, 1.807) is 42.5 Å². The van der Waals surface area contributed by atoms with Gasteiger partial charge >= 0.3 is 0 Å². The van der Waals surface area contributed by atoms with Gasteiger partial charge in [0.1, 0.15) is 0 Å². The van der Waals surface area contributed by atoms with E-state index in [1.807, 2.05) is 54.6 Å². The van der Waals surface area contributed by atoms with E-state index in [2.05, 4.69) is 19.9 Å². The van der Waals surface area contributed by atoms with E-state index in [0.717, 1.165) is 27.8 Å². The molecule has 8 heteroatoms. The number of sulfone groups is 1. The third kappa shape index (κ3) is 4.14. The van der Waals surface area contributed by atoms with E-state index in [0.29, 0.717) is 17.1 Å². The molecule has 0 saturated heterocycles. The smallest absolute Gasteiger partial charge is 0.208 e. The number of hydrogen-bond donors (Lipinski definition) is 2. The standard InChI is InChI=1S/C26H18N4O2S.Co/c31-33(32,24-4-2-1-3-5-24)26-16-23-14-21-9-8-19(28-21)12-17-6-7-18(27-17)13-20-10-11-22(29-20)15-25(26)30-23;/h1-16,27-28H;. The molecule has 2 N–H and O–H groups in total. The fraction of sp³-hybridized carbons (Fsp3) is 0. The maximum absolute atomic E-state index is 13.4. The normalized spacial score (nSPS) is 12.8. The Morgan fingerprint density at radius 2 is 1.18 bits per heavy atom. The molecule has 34 heavy (non-hydrogen) atoms. The van der Waals surface area contributed by atoms with Crippen molar-refractivity contribution in [2.24, 2.45) is 0 Å². The first-order chi connectivity index (χ1) is 16.0. The van der Waals surface area contributed by atoms with E-state index in [9.17, 15) is 8.42 Å². The summed E-state index contributed by atoms with van der Waals surface area (Å²) in [6.07, 6.45) is 5.36. The summed E-state index contributed by atoms with van der Waals surface area (Å²) in [5.41, 5.74) is 5.97. The fourth-order valence-corrected chi connectivity index (χ4v) is 5.36. The zero-order valence-corrected chi connectivity index (χ0v) is 19.5. The monoisotopic (exact) mass is 509 g/mol. The van der Waals surface area contributed by atoms with Gasteiger partial charge in [-0.25, -0.2) is 18.4 Å². The van der Waals surface area contributed by atoms with Gasteiger partial charge < -0.3 is 9.97 Å². The number of H-pyrrole nitrogens is 2. The Labute approximate surface area is 206 Å². The number of hydrogen-bond acceptors (Lipinski definition) is 4. The summed E-state index contributed by atoms with van der Waals surface area (Å²) in [6.45, 7) is 0. The van der Waals surface area contributed by atoms with Gasteiger partial charge in [0.15, 0.2) is 0 Å². The second-order valence-electron chi connectivity index (χ2n) is 7.86. The molecule has 0 spiro atoms. The first-order valence-corrected chi connectivity index (χ1v) is 11.9. The molecular formula is C26H18CoN4O2S. The number of benzene rings is 1. The van der Waals surface area contributed by atoms with Crippen LogP contribution in [0.1, 0.15) is 22.8 Å². The van der Waals surface area contributed by atoms with Gasteiger partial charge in [0.25, 0.3) is 0 Å². The average Bonchev–Trinajstić information content (AvgIpc) is 3.59.